The van der Waals surface area contributed by atoms with Gasteiger partial charge >= 0.3 is 0 Å². The summed E-state index contributed by atoms with van der Waals surface area (Å²) in [5.74, 6) is 0.826. The zero-order valence-corrected chi connectivity index (χ0v) is 11.3. The van der Waals surface area contributed by atoms with Gasteiger partial charge in [-0.15, -0.1) is 0 Å². The van der Waals surface area contributed by atoms with Gasteiger partial charge in [-0.3, -0.25) is 9.36 Å². The van der Waals surface area contributed by atoms with E-state index >= 15 is 0 Å². The quantitative estimate of drug-likeness (QED) is 0.877. The molecule has 4 heteroatoms. The molecule has 0 aliphatic rings. The first kappa shape index (κ1) is 12.8. The molecule has 96 valence electrons. The summed E-state index contributed by atoms with van der Waals surface area (Å²) in [5.41, 5.74) is 0.805. The summed E-state index contributed by atoms with van der Waals surface area (Å²) in [6.07, 6.45) is 0. The smallest absolute Gasteiger partial charge is 0.261 e. The molecule has 2 N–H and O–H groups in total. The van der Waals surface area contributed by atoms with Crippen LogP contribution in [0, 0.1) is 0 Å². The maximum atomic E-state index is 12.2. The summed E-state index contributed by atoms with van der Waals surface area (Å²) >= 11 is 0. The van der Waals surface area contributed by atoms with Crippen molar-refractivity contribution in [3.8, 4) is 0 Å². The summed E-state index contributed by atoms with van der Waals surface area (Å²) < 4.78 is 1.66. The van der Waals surface area contributed by atoms with Crippen molar-refractivity contribution in [2.75, 3.05) is 0 Å². The molecule has 1 heterocycles. The van der Waals surface area contributed by atoms with E-state index in [1.165, 1.54) is 0 Å². The lowest BCUT2D eigenvalue weighted by molar-refractivity contribution is -0.720. The van der Waals surface area contributed by atoms with Crippen LogP contribution in [0.2, 0.25) is 0 Å². The zero-order valence-electron chi connectivity index (χ0n) is 11.3. The molecule has 0 fully saturated rings. The van der Waals surface area contributed by atoms with Crippen LogP contribution in [-0.4, -0.2) is 15.6 Å². The molecule has 2 aromatic rings. The summed E-state index contributed by atoms with van der Waals surface area (Å²) in [6.45, 7) is 6.35. The van der Waals surface area contributed by atoms with Gasteiger partial charge < -0.3 is 5.32 Å². The standard InChI is InChI=1S/C14H19N3O/c1-9(2)15-10(3)13-16-12-8-6-5-7-11(12)14(18)17(13)4/h5-10,15H,1-4H3/p+1/t10-/m1/s1. The van der Waals surface area contributed by atoms with Crippen molar-refractivity contribution >= 4 is 10.9 Å². The van der Waals surface area contributed by atoms with Crippen LogP contribution in [0.4, 0.5) is 0 Å². The average molecular weight is 246 g/mol. The summed E-state index contributed by atoms with van der Waals surface area (Å²) in [6, 6.07) is 8.15. The predicted molar refractivity (Wildman–Crippen MR) is 72.5 cm³/mol. The number of hydrogen-bond donors (Lipinski definition) is 1. The predicted octanol–water partition coefficient (Wildman–Crippen LogP) is 0.966. The number of rotatable bonds is 3. The highest BCUT2D eigenvalue weighted by Crippen LogP contribution is 2.10. The number of para-hydroxylation sites is 1. The van der Waals surface area contributed by atoms with Gasteiger partial charge in [0.15, 0.2) is 5.82 Å². The second-order valence-corrected chi connectivity index (χ2v) is 5.08. The minimum absolute atomic E-state index is 0.0274. The fourth-order valence-electron chi connectivity index (χ4n) is 2.31. The minimum Gasteiger partial charge on any atom is -0.336 e. The first-order valence-electron chi connectivity index (χ1n) is 6.31. The van der Waals surface area contributed by atoms with E-state index in [0.29, 0.717) is 11.4 Å². The second kappa shape index (κ2) is 4.90. The fourth-order valence-corrected chi connectivity index (χ4v) is 2.31. The van der Waals surface area contributed by atoms with E-state index in [9.17, 15) is 4.79 Å². The summed E-state index contributed by atoms with van der Waals surface area (Å²) in [4.78, 5) is 16.9. The molecule has 0 saturated carbocycles. The van der Waals surface area contributed by atoms with Gasteiger partial charge in [-0.05, 0) is 32.9 Å². The molecular formula is C14H20N3O+. The summed E-state index contributed by atoms with van der Waals surface area (Å²) in [5, 5.41) is 2.89. The fraction of sp³-hybridized carbons (Fsp3) is 0.429. The third-order valence-corrected chi connectivity index (χ3v) is 3.10. The van der Waals surface area contributed by atoms with Crippen molar-refractivity contribution in [1.82, 2.24) is 9.55 Å². The molecule has 0 aliphatic heterocycles. The molecule has 0 aliphatic carbocycles. The van der Waals surface area contributed by atoms with Gasteiger partial charge in [-0.2, -0.15) is 0 Å². The van der Waals surface area contributed by atoms with Crippen LogP contribution in [0.25, 0.3) is 10.9 Å². The van der Waals surface area contributed by atoms with Gasteiger partial charge in [0.05, 0.1) is 16.9 Å². The first-order valence-corrected chi connectivity index (χ1v) is 6.31. The van der Waals surface area contributed by atoms with E-state index < -0.39 is 0 Å². The number of benzene rings is 1. The van der Waals surface area contributed by atoms with E-state index in [1.54, 1.807) is 11.6 Å². The van der Waals surface area contributed by atoms with E-state index in [0.717, 1.165) is 11.3 Å². The maximum Gasteiger partial charge on any atom is 0.261 e. The van der Waals surface area contributed by atoms with Gasteiger partial charge in [-0.25, -0.2) is 4.98 Å². The molecule has 2 rings (SSSR count). The maximum absolute atomic E-state index is 12.2. The normalized spacial score (nSPS) is 13.2. The number of aromatic nitrogens is 2. The van der Waals surface area contributed by atoms with Crippen LogP contribution >= 0.6 is 0 Å². The van der Waals surface area contributed by atoms with Crippen LogP contribution in [0.1, 0.15) is 32.6 Å². The van der Waals surface area contributed by atoms with Gasteiger partial charge in [0.25, 0.3) is 5.56 Å². The van der Waals surface area contributed by atoms with Crippen molar-refractivity contribution in [1.29, 1.82) is 0 Å². The molecule has 0 amide bonds. The Morgan fingerprint density at radius 1 is 1.22 bits per heavy atom. The van der Waals surface area contributed by atoms with Gasteiger partial charge in [0.2, 0.25) is 0 Å². The Labute approximate surface area is 107 Å². The van der Waals surface area contributed by atoms with Gasteiger partial charge in [-0.1, -0.05) is 12.1 Å². The van der Waals surface area contributed by atoms with E-state index in [2.05, 4.69) is 31.1 Å². The number of nitrogens with two attached hydrogens (primary N) is 1. The van der Waals surface area contributed by atoms with Crippen molar-refractivity contribution in [3.05, 3.63) is 40.4 Å². The molecule has 1 aromatic carbocycles. The molecule has 0 saturated heterocycles. The molecule has 4 nitrogen and oxygen atoms in total. The lowest BCUT2D eigenvalue weighted by Gasteiger charge is -2.16. The zero-order chi connectivity index (χ0) is 13.3. The topological polar surface area (TPSA) is 51.5 Å². The minimum atomic E-state index is 0.0274. The Balaban J connectivity index is 2.58. The largest absolute Gasteiger partial charge is 0.336 e. The first-order chi connectivity index (χ1) is 8.50. The van der Waals surface area contributed by atoms with Crippen LogP contribution in [0.5, 0.6) is 0 Å². The molecule has 0 unspecified atom stereocenters. The Morgan fingerprint density at radius 3 is 2.56 bits per heavy atom. The Morgan fingerprint density at radius 2 is 1.89 bits per heavy atom. The van der Waals surface area contributed by atoms with Crippen molar-refractivity contribution < 1.29 is 5.32 Å². The number of hydrogen-bond acceptors (Lipinski definition) is 2. The van der Waals surface area contributed by atoms with E-state index in [1.807, 2.05) is 24.3 Å². The SMILES string of the molecule is CC(C)[NH2+][C@H](C)c1nc2ccccc2c(=O)n1C. The van der Waals surface area contributed by atoms with Crippen molar-refractivity contribution in [2.45, 2.75) is 32.9 Å². The molecular weight excluding hydrogens is 226 g/mol. The molecule has 1 aromatic heterocycles. The summed E-state index contributed by atoms with van der Waals surface area (Å²) in [7, 11) is 1.79. The third-order valence-electron chi connectivity index (χ3n) is 3.10. The molecule has 0 bridgehead atoms. The lowest BCUT2D eigenvalue weighted by atomic mass is 10.2. The van der Waals surface area contributed by atoms with Crippen LogP contribution in [0.3, 0.4) is 0 Å². The Bertz CT molecular complexity index is 616. The van der Waals surface area contributed by atoms with E-state index in [-0.39, 0.29) is 11.6 Å². The number of fused-ring (bicyclic) bond motifs is 1. The number of nitrogens with zero attached hydrogens (tertiary/aromatic N) is 2. The highest BCUT2D eigenvalue weighted by atomic mass is 16.1. The van der Waals surface area contributed by atoms with Crippen LogP contribution in [0.15, 0.2) is 29.1 Å². The molecule has 0 radical (unpaired) electrons. The van der Waals surface area contributed by atoms with E-state index in [4.69, 9.17) is 0 Å². The second-order valence-electron chi connectivity index (χ2n) is 5.08. The molecule has 18 heavy (non-hydrogen) atoms. The van der Waals surface area contributed by atoms with Gasteiger partial charge in [0.1, 0.15) is 6.04 Å². The highest BCUT2D eigenvalue weighted by Gasteiger charge is 2.17. The van der Waals surface area contributed by atoms with Crippen LogP contribution in [-0.2, 0) is 7.05 Å². The molecule has 0 spiro atoms. The molecule has 1 atom stereocenters. The lowest BCUT2D eigenvalue weighted by Crippen LogP contribution is -2.89. The van der Waals surface area contributed by atoms with Crippen molar-refractivity contribution in [3.63, 3.8) is 0 Å². The average Bonchev–Trinajstić information content (AvgIpc) is 2.33. The number of quaternary nitrogens is 1. The highest BCUT2D eigenvalue weighted by molar-refractivity contribution is 5.77. The Hall–Kier alpha value is -1.68. The third kappa shape index (κ3) is 2.29. The van der Waals surface area contributed by atoms with Gasteiger partial charge in [0, 0.05) is 7.05 Å². The monoisotopic (exact) mass is 246 g/mol. The Kier molecular flexibility index (Phi) is 3.48. The van der Waals surface area contributed by atoms with Crippen LogP contribution < -0.4 is 10.9 Å². The van der Waals surface area contributed by atoms with Crippen molar-refractivity contribution in [2.24, 2.45) is 7.05 Å².